The first-order valence-corrected chi connectivity index (χ1v) is 5.40. The molecule has 0 aliphatic carbocycles. The fraction of sp³-hybridized carbons (Fsp3) is 0.500. The second-order valence-electron chi connectivity index (χ2n) is 4.09. The maximum Gasteiger partial charge on any atom is 0.289 e. The van der Waals surface area contributed by atoms with E-state index in [2.05, 4.69) is 5.32 Å². The van der Waals surface area contributed by atoms with Gasteiger partial charge in [-0.2, -0.15) is 0 Å². The predicted molar refractivity (Wildman–Crippen MR) is 54.9 cm³/mol. The van der Waals surface area contributed by atoms with Crippen LogP contribution in [0.1, 0.15) is 10.6 Å². The average Bonchev–Trinajstić information content (AvgIpc) is 2.72. The molecule has 2 aliphatic rings. The van der Waals surface area contributed by atoms with Gasteiger partial charge in [0.15, 0.2) is 11.0 Å². The van der Waals surface area contributed by atoms with Crippen LogP contribution in [-0.4, -0.2) is 36.5 Å². The molecule has 5 heteroatoms. The van der Waals surface area contributed by atoms with Crippen LogP contribution in [0.15, 0.2) is 16.5 Å². The second-order valence-corrected chi connectivity index (χ2v) is 4.46. The fourth-order valence-electron chi connectivity index (χ4n) is 2.20. The average molecular weight is 227 g/mol. The number of rotatable bonds is 1. The molecule has 0 aromatic carbocycles. The van der Waals surface area contributed by atoms with Crippen LogP contribution in [0, 0.1) is 5.92 Å². The van der Waals surface area contributed by atoms with E-state index in [1.54, 1.807) is 12.1 Å². The van der Waals surface area contributed by atoms with Crippen molar-refractivity contribution in [3.63, 3.8) is 0 Å². The summed E-state index contributed by atoms with van der Waals surface area (Å²) < 4.78 is 5.10. The van der Waals surface area contributed by atoms with Crippen LogP contribution in [0.4, 0.5) is 0 Å². The van der Waals surface area contributed by atoms with Gasteiger partial charge in [0.2, 0.25) is 0 Å². The third-order valence-electron chi connectivity index (χ3n) is 3.15. The lowest BCUT2D eigenvalue weighted by atomic mass is 9.96. The third-order valence-corrected chi connectivity index (χ3v) is 3.36. The molecular formula is C10H11ClN2O2. The molecule has 0 bridgehead atoms. The zero-order valence-electron chi connectivity index (χ0n) is 8.07. The van der Waals surface area contributed by atoms with E-state index in [-0.39, 0.29) is 11.1 Å². The molecule has 2 unspecified atom stereocenters. The number of amides is 1. The summed E-state index contributed by atoms with van der Waals surface area (Å²) in [4.78, 5) is 13.7. The number of likely N-dealkylation sites (tertiary alicyclic amines) is 1. The quantitative estimate of drug-likeness (QED) is 0.777. The number of hydrogen-bond donors (Lipinski definition) is 1. The van der Waals surface area contributed by atoms with Gasteiger partial charge in [-0.15, -0.1) is 0 Å². The Morgan fingerprint density at radius 1 is 1.53 bits per heavy atom. The minimum absolute atomic E-state index is 0.0573. The van der Waals surface area contributed by atoms with Gasteiger partial charge in [0.05, 0.1) is 0 Å². The first-order valence-electron chi connectivity index (χ1n) is 5.02. The summed E-state index contributed by atoms with van der Waals surface area (Å²) in [5.74, 6) is 0.902. The Balaban J connectivity index is 1.75. The summed E-state index contributed by atoms with van der Waals surface area (Å²) in [7, 11) is 0. The van der Waals surface area contributed by atoms with Crippen molar-refractivity contribution in [3.8, 4) is 0 Å². The van der Waals surface area contributed by atoms with Crippen LogP contribution in [0.25, 0.3) is 0 Å². The maximum absolute atomic E-state index is 11.9. The number of hydrogen-bond acceptors (Lipinski definition) is 3. The Hall–Kier alpha value is -1.00. The molecular weight excluding hydrogens is 216 g/mol. The van der Waals surface area contributed by atoms with E-state index in [1.165, 1.54) is 0 Å². The van der Waals surface area contributed by atoms with Crippen LogP contribution in [0.3, 0.4) is 0 Å². The SMILES string of the molecule is O=C(c1ccc(Cl)o1)N1CC2CNC2C1. The van der Waals surface area contributed by atoms with E-state index in [0.717, 1.165) is 19.6 Å². The number of carbonyl (C=O) groups is 1. The highest BCUT2D eigenvalue weighted by Crippen LogP contribution is 2.25. The lowest BCUT2D eigenvalue weighted by Gasteiger charge is -2.29. The molecule has 15 heavy (non-hydrogen) atoms. The highest BCUT2D eigenvalue weighted by atomic mass is 35.5. The van der Waals surface area contributed by atoms with Crippen LogP contribution in [0.2, 0.25) is 5.22 Å². The first kappa shape index (κ1) is 9.24. The number of nitrogens with one attached hydrogen (secondary N) is 1. The Bertz CT molecular complexity index is 392. The van der Waals surface area contributed by atoms with Crippen LogP contribution in [-0.2, 0) is 0 Å². The zero-order chi connectivity index (χ0) is 10.4. The first-order chi connectivity index (χ1) is 7.24. The summed E-state index contributed by atoms with van der Waals surface area (Å²) >= 11 is 5.63. The molecule has 3 rings (SSSR count). The molecule has 2 fully saturated rings. The van der Waals surface area contributed by atoms with E-state index in [4.69, 9.17) is 16.0 Å². The molecule has 0 saturated carbocycles. The lowest BCUT2D eigenvalue weighted by Crippen LogP contribution is -2.51. The van der Waals surface area contributed by atoms with Gasteiger partial charge in [-0.25, -0.2) is 0 Å². The van der Waals surface area contributed by atoms with Crippen LogP contribution >= 0.6 is 11.6 Å². The summed E-state index contributed by atoms with van der Waals surface area (Å²) in [6.07, 6.45) is 0. The van der Waals surface area contributed by atoms with Crippen molar-refractivity contribution in [1.82, 2.24) is 10.2 Å². The Kier molecular flexibility index (Phi) is 2.00. The van der Waals surface area contributed by atoms with Gasteiger partial charge in [0.25, 0.3) is 5.91 Å². The molecule has 3 heterocycles. The molecule has 2 atom stereocenters. The van der Waals surface area contributed by atoms with Crippen molar-refractivity contribution in [1.29, 1.82) is 0 Å². The highest BCUT2D eigenvalue weighted by molar-refractivity contribution is 6.29. The second kappa shape index (κ2) is 3.25. The molecule has 1 aromatic rings. The molecule has 80 valence electrons. The predicted octanol–water partition coefficient (Wildman–Crippen LogP) is 0.977. The molecule has 1 amide bonds. The third kappa shape index (κ3) is 1.44. The zero-order valence-corrected chi connectivity index (χ0v) is 8.83. The van der Waals surface area contributed by atoms with Crippen molar-refractivity contribution < 1.29 is 9.21 Å². The highest BCUT2D eigenvalue weighted by Gasteiger charge is 2.41. The number of carbonyl (C=O) groups excluding carboxylic acids is 1. The van der Waals surface area contributed by atoms with E-state index in [9.17, 15) is 4.79 Å². The molecule has 2 saturated heterocycles. The standard InChI is InChI=1S/C10H11ClN2O2/c11-9-2-1-8(15-9)10(14)13-4-6-3-12-7(6)5-13/h1-2,6-7,12H,3-5H2. The van der Waals surface area contributed by atoms with Crippen molar-refractivity contribution >= 4 is 17.5 Å². The maximum atomic E-state index is 11.9. The van der Waals surface area contributed by atoms with Gasteiger partial charge < -0.3 is 14.6 Å². The smallest absolute Gasteiger partial charge is 0.289 e. The van der Waals surface area contributed by atoms with Crippen molar-refractivity contribution in [3.05, 3.63) is 23.1 Å². The van der Waals surface area contributed by atoms with E-state index in [0.29, 0.717) is 17.7 Å². The van der Waals surface area contributed by atoms with Gasteiger partial charge in [0.1, 0.15) is 0 Å². The van der Waals surface area contributed by atoms with Crippen molar-refractivity contribution in [2.24, 2.45) is 5.92 Å². The van der Waals surface area contributed by atoms with Gasteiger partial charge >= 0.3 is 0 Å². The Morgan fingerprint density at radius 3 is 2.87 bits per heavy atom. The van der Waals surface area contributed by atoms with Gasteiger partial charge in [0, 0.05) is 31.6 Å². The van der Waals surface area contributed by atoms with Gasteiger partial charge in [-0.1, -0.05) is 0 Å². The summed E-state index contributed by atoms with van der Waals surface area (Å²) in [6, 6.07) is 3.70. The summed E-state index contributed by atoms with van der Waals surface area (Å²) in [5, 5.41) is 3.56. The van der Waals surface area contributed by atoms with E-state index < -0.39 is 0 Å². The Morgan fingerprint density at radius 2 is 2.40 bits per heavy atom. The molecule has 0 radical (unpaired) electrons. The molecule has 0 spiro atoms. The molecule has 4 nitrogen and oxygen atoms in total. The number of nitrogens with zero attached hydrogens (tertiary/aromatic N) is 1. The van der Waals surface area contributed by atoms with Crippen molar-refractivity contribution in [2.45, 2.75) is 6.04 Å². The van der Waals surface area contributed by atoms with E-state index in [1.807, 2.05) is 4.90 Å². The minimum Gasteiger partial charge on any atom is -0.440 e. The van der Waals surface area contributed by atoms with Crippen LogP contribution in [0.5, 0.6) is 0 Å². The number of fused-ring (bicyclic) bond motifs is 1. The number of halogens is 1. The minimum atomic E-state index is -0.0573. The Labute approximate surface area is 92.2 Å². The lowest BCUT2D eigenvalue weighted by molar-refractivity contribution is 0.0758. The van der Waals surface area contributed by atoms with Gasteiger partial charge in [-0.05, 0) is 23.7 Å². The monoisotopic (exact) mass is 226 g/mol. The number of furan rings is 1. The molecule has 1 aromatic heterocycles. The summed E-state index contributed by atoms with van der Waals surface area (Å²) in [6.45, 7) is 2.63. The fourth-order valence-corrected chi connectivity index (χ4v) is 2.35. The van der Waals surface area contributed by atoms with Gasteiger partial charge in [-0.3, -0.25) is 4.79 Å². The largest absolute Gasteiger partial charge is 0.440 e. The van der Waals surface area contributed by atoms with E-state index >= 15 is 0 Å². The molecule has 2 aliphatic heterocycles. The topological polar surface area (TPSA) is 45.5 Å². The summed E-state index contributed by atoms with van der Waals surface area (Å²) in [5.41, 5.74) is 0. The van der Waals surface area contributed by atoms with Crippen LogP contribution < -0.4 is 5.32 Å². The molecule has 1 N–H and O–H groups in total. The van der Waals surface area contributed by atoms with Crippen molar-refractivity contribution in [2.75, 3.05) is 19.6 Å². The normalized spacial score (nSPS) is 28.7.